The van der Waals surface area contributed by atoms with Crippen molar-refractivity contribution in [1.82, 2.24) is 0 Å². The molecular formula is C16H13ClN2O2. The van der Waals surface area contributed by atoms with Gasteiger partial charge in [0.1, 0.15) is 19.3 Å². The smallest absolute Gasteiger partial charge is 0.161 e. The summed E-state index contributed by atoms with van der Waals surface area (Å²) in [5.41, 5.74) is 1.62. The minimum Gasteiger partial charge on any atom is -0.486 e. The highest BCUT2D eigenvalue weighted by molar-refractivity contribution is 6.30. The molecule has 1 heterocycles. The van der Waals surface area contributed by atoms with Gasteiger partial charge in [0.15, 0.2) is 11.5 Å². The van der Waals surface area contributed by atoms with Crippen LogP contribution in [0.2, 0.25) is 5.02 Å². The van der Waals surface area contributed by atoms with Gasteiger partial charge in [0, 0.05) is 10.7 Å². The summed E-state index contributed by atoms with van der Waals surface area (Å²) < 4.78 is 11.0. The van der Waals surface area contributed by atoms with Crippen LogP contribution in [0.1, 0.15) is 11.6 Å². The standard InChI is InChI=1S/C16H13ClN2O2/c17-12-2-1-3-13(9-12)19-14(10-18)11-4-5-15-16(8-11)21-7-6-20-15/h1-5,8-9,14,19H,6-7H2. The van der Waals surface area contributed by atoms with Gasteiger partial charge in [-0.05, 0) is 35.9 Å². The number of nitriles is 1. The summed E-state index contributed by atoms with van der Waals surface area (Å²) >= 11 is 5.95. The van der Waals surface area contributed by atoms with Gasteiger partial charge in [-0.25, -0.2) is 0 Å². The van der Waals surface area contributed by atoms with Gasteiger partial charge in [0.2, 0.25) is 0 Å². The molecule has 5 heteroatoms. The number of halogens is 1. The molecule has 0 saturated carbocycles. The number of ether oxygens (including phenoxy) is 2. The van der Waals surface area contributed by atoms with Crippen LogP contribution in [0.4, 0.5) is 5.69 Å². The van der Waals surface area contributed by atoms with E-state index >= 15 is 0 Å². The number of benzene rings is 2. The molecule has 4 nitrogen and oxygen atoms in total. The average molecular weight is 301 g/mol. The van der Waals surface area contributed by atoms with Crippen LogP contribution in [0, 0.1) is 11.3 Å². The molecule has 1 unspecified atom stereocenters. The van der Waals surface area contributed by atoms with E-state index in [4.69, 9.17) is 21.1 Å². The lowest BCUT2D eigenvalue weighted by molar-refractivity contribution is 0.171. The van der Waals surface area contributed by atoms with Crippen molar-refractivity contribution < 1.29 is 9.47 Å². The van der Waals surface area contributed by atoms with E-state index in [1.54, 1.807) is 12.1 Å². The first-order valence-electron chi connectivity index (χ1n) is 6.57. The molecule has 1 aliphatic heterocycles. The minimum atomic E-state index is -0.487. The first-order valence-corrected chi connectivity index (χ1v) is 6.95. The van der Waals surface area contributed by atoms with Crippen LogP contribution in [0.5, 0.6) is 11.5 Å². The minimum absolute atomic E-state index is 0.487. The molecule has 1 atom stereocenters. The Morgan fingerprint density at radius 3 is 2.67 bits per heavy atom. The van der Waals surface area contributed by atoms with Crippen molar-refractivity contribution in [2.75, 3.05) is 18.5 Å². The van der Waals surface area contributed by atoms with Gasteiger partial charge < -0.3 is 14.8 Å². The van der Waals surface area contributed by atoms with Crippen LogP contribution in [0.25, 0.3) is 0 Å². The summed E-state index contributed by atoms with van der Waals surface area (Å²) in [4.78, 5) is 0. The molecule has 21 heavy (non-hydrogen) atoms. The number of hydrogen-bond donors (Lipinski definition) is 1. The predicted octanol–water partition coefficient (Wildman–Crippen LogP) is 3.79. The van der Waals surface area contributed by atoms with Crippen LogP contribution < -0.4 is 14.8 Å². The zero-order valence-electron chi connectivity index (χ0n) is 11.2. The molecule has 3 rings (SSSR count). The number of fused-ring (bicyclic) bond motifs is 1. The Balaban J connectivity index is 1.85. The van der Waals surface area contributed by atoms with Crippen LogP contribution >= 0.6 is 11.6 Å². The quantitative estimate of drug-likeness (QED) is 0.937. The summed E-state index contributed by atoms with van der Waals surface area (Å²) in [5.74, 6) is 1.39. The van der Waals surface area contributed by atoms with Crippen molar-refractivity contribution in [3.63, 3.8) is 0 Å². The second-order valence-corrected chi connectivity index (χ2v) is 5.06. The molecule has 0 spiro atoms. The van der Waals surface area contributed by atoms with Crippen LogP contribution in [-0.4, -0.2) is 13.2 Å². The van der Waals surface area contributed by atoms with Gasteiger partial charge in [0.25, 0.3) is 0 Å². The molecule has 1 N–H and O–H groups in total. The largest absolute Gasteiger partial charge is 0.486 e. The Labute approximate surface area is 127 Å². The maximum atomic E-state index is 9.40. The maximum Gasteiger partial charge on any atom is 0.161 e. The van der Waals surface area contributed by atoms with Gasteiger partial charge >= 0.3 is 0 Å². The number of nitrogens with zero attached hydrogens (tertiary/aromatic N) is 1. The molecule has 0 bridgehead atoms. The zero-order chi connectivity index (χ0) is 14.7. The highest BCUT2D eigenvalue weighted by atomic mass is 35.5. The summed E-state index contributed by atoms with van der Waals surface area (Å²) in [5, 5.41) is 13.2. The second kappa shape index (κ2) is 5.94. The number of hydrogen-bond acceptors (Lipinski definition) is 4. The van der Waals surface area contributed by atoms with Gasteiger partial charge in [0.05, 0.1) is 6.07 Å². The Bertz CT molecular complexity index is 697. The summed E-state index contributed by atoms with van der Waals surface area (Å²) in [6.07, 6.45) is 0. The Morgan fingerprint density at radius 1 is 1.10 bits per heavy atom. The first-order chi connectivity index (χ1) is 10.3. The highest BCUT2D eigenvalue weighted by Gasteiger charge is 2.16. The fraction of sp³-hybridized carbons (Fsp3) is 0.188. The first kappa shape index (κ1) is 13.6. The van der Waals surface area contributed by atoms with E-state index in [0.29, 0.717) is 29.7 Å². The molecule has 0 fully saturated rings. The molecule has 0 aromatic heterocycles. The van der Waals surface area contributed by atoms with E-state index in [1.807, 2.05) is 30.3 Å². The number of nitrogens with one attached hydrogen (secondary N) is 1. The van der Waals surface area contributed by atoms with Crippen molar-refractivity contribution in [1.29, 1.82) is 5.26 Å². The topological polar surface area (TPSA) is 54.3 Å². The molecule has 2 aromatic rings. The zero-order valence-corrected chi connectivity index (χ0v) is 11.9. The second-order valence-electron chi connectivity index (χ2n) is 4.62. The Kier molecular flexibility index (Phi) is 3.85. The molecule has 0 saturated heterocycles. The van der Waals surface area contributed by atoms with E-state index in [1.165, 1.54) is 0 Å². The maximum absolute atomic E-state index is 9.40. The highest BCUT2D eigenvalue weighted by Crippen LogP contribution is 2.33. The van der Waals surface area contributed by atoms with Crippen molar-refractivity contribution in [3.05, 3.63) is 53.1 Å². The lowest BCUT2D eigenvalue weighted by atomic mass is 10.1. The Hall–Kier alpha value is -2.38. The van der Waals surface area contributed by atoms with E-state index in [2.05, 4.69) is 11.4 Å². The third kappa shape index (κ3) is 3.04. The third-order valence-electron chi connectivity index (χ3n) is 3.16. The SMILES string of the molecule is N#CC(Nc1cccc(Cl)c1)c1ccc2c(c1)OCCO2. The van der Waals surface area contributed by atoms with Crippen molar-refractivity contribution in [2.24, 2.45) is 0 Å². The van der Waals surface area contributed by atoms with Crippen LogP contribution in [0.3, 0.4) is 0 Å². The van der Waals surface area contributed by atoms with Crippen LogP contribution in [-0.2, 0) is 0 Å². The van der Waals surface area contributed by atoms with Gasteiger partial charge in [-0.2, -0.15) is 5.26 Å². The molecule has 1 aliphatic rings. The van der Waals surface area contributed by atoms with Crippen molar-refractivity contribution in [3.8, 4) is 17.6 Å². The Morgan fingerprint density at radius 2 is 1.90 bits per heavy atom. The number of anilines is 1. The van der Waals surface area contributed by atoms with E-state index in [0.717, 1.165) is 11.3 Å². The summed E-state index contributed by atoms with van der Waals surface area (Å²) in [6.45, 7) is 1.07. The van der Waals surface area contributed by atoms with E-state index in [-0.39, 0.29) is 0 Å². The predicted molar refractivity (Wildman–Crippen MR) is 80.9 cm³/mol. The lowest BCUT2D eigenvalue weighted by Crippen LogP contribution is -2.16. The van der Waals surface area contributed by atoms with E-state index in [9.17, 15) is 5.26 Å². The molecule has 2 aromatic carbocycles. The third-order valence-corrected chi connectivity index (χ3v) is 3.40. The molecule has 0 amide bonds. The normalized spacial score (nSPS) is 14.1. The van der Waals surface area contributed by atoms with Crippen molar-refractivity contribution in [2.45, 2.75) is 6.04 Å². The molecule has 0 radical (unpaired) electrons. The molecular weight excluding hydrogens is 288 g/mol. The summed E-state index contributed by atoms with van der Waals surface area (Å²) in [7, 11) is 0. The fourth-order valence-corrected chi connectivity index (χ4v) is 2.36. The molecule has 0 aliphatic carbocycles. The fourth-order valence-electron chi connectivity index (χ4n) is 2.17. The molecule has 106 valence electrons. The van der Waals surface area contributed by atoms with Gasteiger partial charge in [-0.3, -0.25) is 0 Å². The summed E-state index contributed by atoms with van der Waals surface area (Å²) in [6, 6.07) is 14.6. The lowest BCUT2D eigenvalue weighted by Gasteiger charge is -2.20. The van der Waals surface area contributed by atoms with E-state index < -0.39 is 6.04 Å². The van der Waals surface area contributed by atoms with Crippen molar-refractivity contribution >= 4 is 17.3 Å². The number of rotatable bonds is 3. The van der Waals surface area contributed by atoms with Gasteiger partial charge in [-0.15, -0.1) is 0 Å². The van der Waals surface area contributed by atoms with Crippen LogP contribution in [0.15, 0.2) is 42.5 Å². The van der Waals surface area contributed by atoms with Gasteiger partial charge in [-0.1, -0.05) is 23.7 Å². The monoisotopic (exact) mass is 300 g/mol. The average Bonchev–Trinajstić information content (AvgIpc) is 2.52.